The normalized spacial score (nSPS) is 12.9. The molecule has 1 rings (SSSR count). The molecule has 1 atom stereocenters. The number of hydrogen-bond donors (Lipinski definition) is 3. The molecular formula is C11H14O7S. The van der Waals surface area contributed by atoms with Gasteiger partial charge in [-0.1, -0.05) is 12.1 Å². The molecule has 0 radical (unpaired) electrons. The van der Waals surface area contributed by atoms with Crippen molar-refractivity contribution in [2.24, 2.45) is 0 Å². The number of benzene rings is 1. The van der Waals surface area contributed by atoms with E-state index >= 15 is 0 Å². The Labute approximate surface area is 110 Å². The van der Waals surface area contributed by atoms with E-state index in [4.69, 9.17) is 9.66 Å². The fourth-order valence-electron chi connectivity index (χ4n) is 1.47. The Kier molecular flexibility index (Phi) is 5.28. The van der Waals surface area contributed by atoms with E-state index < -0.39 is 22.5 Å². The summed E-state index contributed by atoms with van der Waals surface area (Å²) in [5, 5.41) is 18.0. The van der Waals surface area contributed by atoms with Crippen LogP contribution in [0.3, 0.4) is 0 Å². The maximum Gasteiger partial charge on any atom is 0.446 e. The molecule has 0 heterocycles. The quantitative estimate of drug-likeness (QED) is 0.630. The van der Waals surface area contributed by atoms with Gasteiger partial charge >= 0.3 is 16.4 Å². The van der Waals surface area contributed by atoms with Gasteiger partial charge in [0.2, 0.25) is 0 Å². The second kappa shape index (κ2) is 6.50. The zero-order chi connectivity index (χ0) is 14.5. The molecule has 3 N–H and O–H groups in total. The molecule has 0 bridgehead atoms. The average molecular weight is 290 g/mol. The summed E-state index contributed by atoms with van der Waals surface area (Å²) >= 11 is 0. The topological polar surface area (TPSA) is 121 Å². The number of rotatable bonds is 7. The van der Waals surface area contributed by atoms with Crippen LogP contribution < -0.4 is 4.18 Å². The van der Waals surface area contributed by atoms with Crippen LogP contribution in [0.4, 0.5) is 0 Å². The molecule has 1 unspecified atom stereocenters. The fraction of sp³-hybridized carbons (Fsp3) is 0.364. The summed E-state index contributed by atoms with van der Waals surface area (Å²) in [6, 6.07) is 5.69. The molecule has 0 aliphatic heterocycles. The van der Waals surface area contributed by atoms with Gasteiger partial charge in [0, 0.05) is 6.42 Å². The molecule has 1 aromatic carbocycles. The molecule has 0 saturated carbocycles. The van der Waals surface area contributed by atoms with Crippen LogP contribution in [-0.4, -0.2) is 35.3 Å². The summed E-state index contributed by atoms with van der Waals surface area (Å²) in [6.07, 6.45) is -0.521. The number of carboxylic acid groups (broad SMARTS) is 1. The third-order valence-electron chi connectivity index (χ3n) is 2.29. The first kappa shape index (κ1) is 15.4. The van der Waals surface area contributed by atoms with E-state index in [-0.39, 0.29) is 25.0 Å². The molecule has 0 aliphatic carbocycles. The Morgan fingerprint density at radius 2 is 1.84 bits per heavy atom. The first-order chi connectivity index (χ1) is 8.76. The minimum Gasteiger partial charge on any atom is -0.481 e. The summed E-state index contributed by atoms with van der Waals surface area (Å²) in [7, 11) is -4.55. The number of aliphatic hydroxyl groups is 1. The molecule has 0 saturated heterocycles. The molecular weight excluding hydrogens is 276 g/mol. The number of carbonyl (C=O) groups is 1. The van der Waals surface area contributed by atoms with Crippen molar-refractivity contribution >= 4 is 16.4 Å². The number of hydrogen-bond acceptors (Lipinski definition) is 5. The zero-order valence-corrected chi connectivity index (χ0v) is 10.7. The molecule has 106 valence electrons. The summed E-state index contributed by atoms with van der Waals surface area (Å²) in [5.41, 5.74) is 0.695. The van der Waals surface area contributed by atoms with Crippen molar-refractivity contribution in [1.29, 1.82) is 0 Å². The minimum atomic E-state index is -4.55. The second-order valence-electron chi connectivity index (χ2n) is 3.95. The SMILES string of the molecule is O=C(O)CCC(O)Cc1ccc(OS(=O)(=O)O)cc1. The summed E-state index contributed by atoms with van der Waals surface area (Å²) in [6.45, 7) is 0. The van der Waals surface area contributed by atoms with Gasteiger partial charge in [0.05, 0.1) is 6.10 Å². The number of aliphatic carboxylic acids is 1. The lowest BCUT2D eigenvalue weighted by Crippen LogP contribution is -2.12. The minimum absolute atomic E-state index is 0.0497. The Bertz CT molecular complexity index is 520. The van der Waals surface area contributed by atoms with Gasteiger partial charge in [-0.25, -0.2) is 0 Å². The van der Waals surface area contributed by atoms with E-state index in [1.807, 2.05) is 0 Å². The van der Waals surface area contributed by atoms with Crippen LogP contribution in [-0.2, 0) is 21.6 Å². The summed E-state index contributed by atoms with van der Waals surface area (Å²) in [5.74, 6) is -1.03. The van der Waals surface area contributed by atoms with Gasteiger partial charge in [-0.3, -0.25) is 9.35 Å². The lowest BCUT2D eigenvalue weighted by molar-refractivity contribution is -0.137. The van der Waals surface area contributed by atoms with Crippen molar-refractivity contribution in [3.8, 4) is 5.75 Å². The molecule has 7 nitrogen and oxygen atoms in total. The second-order valence-corrected chi connectivity index (χ2v) is 4.97. The Balaban J connectivity index is 2.54. The van der Waals surface area contributed by atoms with E-state index in [0.29, 0.717) is 5.56 Å². The Morgan fingerprint density at radius 3 is 2.32 bits per heavy atom. The highest BCUT2D eigenvalue weighted by Gasteiger charge is 2.10. The molecule has 0 spiro atoms. The molecule has 0 aliphatic rings. The predicted octanol–water partition coefficient (Wildman–Crippen LogP) is 0.636. The van der Waals surface area contributed by atoms with Crippen LogP contribution in [0.1, 0.15) is 18.4 Å². The Morgan fingerprint density at radius 1 is 1.26 bits per heavy atom. The van der Waals surface area contributed by atoms with Gasteiger partial charge in [0.25, 0.3) is 0 Å². The predicted molar refractivity (Wildman–Crippen MR) is 65.2 cm³/mol. The van der Waals surface area contributed by atoms with Crippen LogP contribution >= 0.6 is 0 Å². The lowest BCUT2D eigenvalue weighted by atomic mass is 10.0. The maximum atomic E-state index is 10.5. The van der Waals surface area contributed by atoms with Gasteiger partial charge in [0.1, 0.15) is 5.75 Å². The first-order valence-electron chi connectivity index (χ1n) is 5.42. The van der Waals surface area contributed by atoms with Gasteiger partial charge in [-0.2, -0.15) is 8.42 Å². The fourth-order valence-corrected chi connectivity index (χ4v) is 1.82. The molecule has 0 aromatic heterocycles. The van der Waals surface area contributed by atoms with Crippen LogP contribution in [0.25, 0.3) is 0 Å². The smallest absolute Gasteiger partial charge is 0.446 e. The van der Waals surface area contributed by atoms with E-state index in [9.17, 15) is 18.3 Å². The third-order valence-corrected chi connectivity index (χ3v) is 2.69. The third kappa shape index (κ3) is 6.75. The molecule has 19 heavy (non-hydrogen) atoms. The van der Waals surface area contributed by atoms with Gasteiger partial charge in [-0.15, -0.1) is 0 Å². The van der Waals surface area contributed by atoms with Crippen molar-refractivity contribution < 1.29 is 32.2 Å². The zero-order valence-electron chi connectivity index (χ0n) is 9.89. The number of carboxylic acids is 1. The van der Waals surface area contributed by atoms with Crippen molar-refractivity contribution in [2.45, 2.75) is 25.4 Å². The monoisotopic (exact) mass is 290 g/mol. The summed E-state index contributed by atoms with van der Waals surface area (Å²) in [4.78, 5) is 10.3. The molecule has 0 fully saturated rings. The van der Waals surface area contributed by atoms with Gasteiger partial charge < -0.3 is 14.4 Å². The van der Waals surface area contributed by atoms with Crippen molar-refractivity contribution in [1.82, 2.24) is 0 Å². The maximum absolute atomic E-state index is 10.5. The highest BCUT2D eigenvalue weighted by atomic mass is 32.3. The lowest BCUT2D eigenvalue weighted by Gasteiger charge is -2.09. The van der Waals surface area contributed by atoms with Crippen molar-refractivity contribution in [3.05, 3.63) is 29.8 Å². The largest absolute Gasteiger partial charge is 0.481 e. The highest BCUT2D eigenvalue weighted by Crippen LogP contribution is 2.15. The van der Waals surface area contributed by atoms with Crippen LogP contribution in [0, 0.1) is 0 Å². The van der Waals surface area contributed by atoms with Crippen molar-refractivity contribution in [3.63, 3.8) is 0 Å². The molecule has 1 aromatic rings. The van der Waals surface area contributed by atoms with Crippen LogP contribution in [0.15, 0.2) is 24.3 Å². The van der Waals surface area contributed by atoms with Gasteiger partial charge in [-0.05, 0) is 30.5 Å². The first-order valence-corrected chi connectivity index (χ1v) is 6.78. The number of aliphatic hydroxyl groups excluding tert-OH is 1. The molecule has 8 heteroatoms. The van der Waals surface area contributed by atoms with Crippen LogP contribution in [0.2, 0.25) is 0 Å². The van der Waals surface area contributed by atoms with Crippen molar-refractivity contribution in [2.75, 3.05) is 0 Å². The molecule has 0 amide bonds. The van der Waals surface area contributed by atoms with E-state index in [1.54, 1.807) is 0 Å². The van der Waals surface area contributed by atoms with E-state index in [0.717, 1.165) is 0 Å². The van der Waals surface area contributed by atoms with Gasteiger partial charge in [0.15, 0.2) is 0 Å². The van der Waals surface area contributed by atoms with Crippen LogP contribution in [0.5, 0.6) is 5.75 Å². The Hall–Kier alpha value is -1.64. The summed E-state index contributed by atoms with van der Waals surface area (Å²) < 4.78 is 33.6. The standard InChI is InChI=1S/C11H14O7S/c12-9(3-6-11(13)14)7-8-1-4-10(5-2-8)18-19(15,16)17/h1-2,4-5,9,12H,3,6-7H2,(H,13,14)(H,15,16,17). The van der Waals surface area contributed by atoms with E-state index in [1.165, 1.54) is 24.3 Å². The highest BCUT2D eigenvalue weighted by molar-refractivity contribution is 7.81. The average Bonchev–Trinajstić information content (AvgIpc) is 2.27. The van der Waals surface area contributed by atoms with E-state index in [2.05, 4.69) is 4.18 Å².